The second-order valence-corrected chi connectivity index (χ2v) is 9.84. The third kappa shape index (κ3) is 4.53. The highest BCUT2D eigenvalue weighted by atomic mass is 32.2. The molecule has 35 heavy (non-hydrogen) atoms. The zero-order chi connectivity index (χ0) is 23.8. The number of nitrogens with zero attached hydrogens (tertiary/aromatic N) is 5. The van der Waals surface area contributed by atoms with E-state index in [1.165, 1.54) is 11.9 Å². The maximum Gasteiger partial charge on any atom is 0.275 e. The van der Waals surface area contributed by atoms with Gasteiger partial charge in [0.15, 0.2) is 5.17 Å². The predicted molar refractivity (Wildman–Crippen MR) is 137 cm³/mol. The average molecular weight is 489 g/mol. The summed E-state index contributed by atoms with van der Waals surface area (Å²) in [4.78, 5) is 31.4. The number of alkyl halides is 1. The lowest BCUT2D eigenvalue weighted by Crippen LogP contribution is -2.38. The predicted octanol–water partition coefficient (Wildman–Crippen LogP) is 4.62. The minimum Gasteiger partial charge on any atom is -0.320 e. The number of carbonyl (C=O) groups is 1. The SMILES string of the molecule is O=C(Nc1ccccc1C1CN2C(CN3CCC(F)CC3)=CSC2=N1)c1cnc2ccccc2n1. The van der Waals surface area contributed by atoms with Crippen LogP contribution in [0.15, 0.2) is 70.8 Å². The molecule has 0 aliphatic carbocycles. The quantitative estimate of drug-likeness (QED) is 0.565. The maximum absolute atomic E-state index is 13.5. The number of aromatic nitrogens is 2. The van der Waals surface area contributed by atoms with Crippen LogP contribution < -0.4 is 5.32 Å². The first kappa shape index (κ1) is 22.2. The van der Waals surface area contributed by atoms with E-state index in [2.05, 4.69) is 30.5 Å². The number of nitrogens with one attached hydrogen (secondary N) is 1. The van der Waals surface area contributed by atoms with Crippen molar-refractivity contribution in [2.45, 2.75) is 25.1 Å². The minimum atomic E-state index is -0.668. The number of rotatable bonds is 5. The number of hydrogen-bond donors (Lipinski definition) is 1. The number of hydrogen-bond acceptors (Lipinski definition) is 7. The summed E-state index contributed by atoms with van der Waals surface area (Å²) in [5.41, 5.74) is 4.61. The van der Waals surface area contributed by atoms with Crippen LogP contribution in [0.2, 0.25) is 0 Å². The molecule has 3 aromatic rings. The van der Waals surface area contributed by atoms with Crippen molar-refractivity contribution < 1.29 is 9.18 Å². The number of likely N-dealkylation sites (tertiary alicyclic amines) is 1. The molecule has 1 aromatic heterocycles. The van der Waals surface area contributed by atoms with Crippen LogP contribution in [0.25, 0.3) is 11.0 Å². The number of para-hydroxylation sites is 3. The number of aliphatic imine (C=N–C) groups is 1. The van der Waals surface area contributed by atoms with Gasteiger partial charge in [0.05, 0.1) is 29.8 Å². The molecule has 6 rings (SSSR count). The summed E-state index contributed by atoms with van der Waals surface area (Å²) >= 11 is 1.63. The highest BCUT2D eigenvalue weighted by Crippen LogP contribution is 2.39. The number of piperidine rings is 1. The van der Waals surface area contributed by atoms with Crippen LogP contribution in [0.4, 0.5) is 10.1 Å². The monoisotopic (exact) mass is 488 g/mol. The molecule has 1 N–H and O–H groups in total. The molecule has 4 heterocycles. The first-order chi connectivity index (χ1) is 17.1. The highest BCUT2D eigenvalue weighted by molar-refractivity contribution is 8.16. The Kier molecular flexibility index (Phi) is 5.95. The van der Waals surface area contributed by atoms with E-state index < -0.39 is 6.17 Å². The first-order valence-electron chi connectivity index (χ1n) is 11.8. The van der Waals surface area contributed by atoms with Gasteiger partial charge in [-0.25, -0.2) is 9.37 Å². The molecule has 0 radical (unpaired) electrons. The molecule has 3 aliphatic heterocycles. The second kappa shape index (κ2) is 9.39. The lowest BCUT2D eigenvalue weighted by Gasteiger charge is -2.30. The zero-order valence-corrected chi connectivity index (χ0v) is 19.9. The molecule has 1 saturated heterocycles. The highest BCUT2D eigenvalue weighted by Gasteiger charge is 2.34. The van der Waals surface area contributed by atoms with Crippen molar-refractivity contribution >= 4 is 39.6 Å². The van der Waals surface area contributed by atoms with E-state index in [4.69, 9.17) is 4.99 Å². The van der Waals surface area contributed by atoms with Crippen molar-refractivity contribution in [3.63, 3.8) is 0 Å². The summed E-state index contributed by atoms with van der Waals surface area (Å²) in [5.74, 6) is -0.298. The van der Waals surface area contributed by atoms with Crippen molar-refractivity contribution in [1.29, 1.82) is 0 Å². The van der Waals surface area contributed by atoms with Gasteiger partial charge in [0, 0.05) is 36.6 Å². The molecule has 1 amide bonds. The van der Waals surface area contributed by atoms with Crippen LogP contribution in [-0.4, -0.2) is 63.2 Å². The molecule has 9 heteroatoms. The van der Waals surface area contributed by atoms with Crippen molar-refractivity contribution in [2.24, 2.45) is 4.99 Å². The number of benzene rings is 2. The van der Waals surface area contributed by atoms with Gasteiger partial charge < -0.3 is 10.2 Å². The Balaban J connectivity index is 1.16. The molecule has 0 saturated carbocycles. The van der Waals surface area contributed by atoms with Crippen LogP contribution >= 0.6 is 11.8 Å². The Morgan fingerprint density at radius 2 is 1.86 bits per heavy atom. The fourth-order valence-corrected chi connectivity index (χ4v) is 5.70. The van der Waals surface area contributed by atoms with E-state index in [9.17, 15) is 9.18 Å². The Labute approximate surface area is 207 Å². The molecule has 3 aliphatic rings. The number of halogens is 1. The number of carbonyl (C=O) groups excluding carboxylic acids is 1. The second-order valence-electron chi connectivity index (χ2n) is 9.00. The number of fused-ring (bicyclic) bond motifs is 2. The molecule has 1 unspecified atom stereocenters. The van der Waals surface area contributed by atoms with Crippen molar-refractivity contribution in [2.75, 3.05) is 31.5 Å². The van der Waals surface area contributed by atoms with Gasteiger partial charge in [-0.3, -0.25) is 19.7 Å². The van der Waals surface area contributed by atoms with E-state index in [0.717, 1.165) is 48.1 Å². The van der Waals surface area contributed by atoms with Gasteiger partial charge in [-0.2, -0.15) is 0 Å². The van der Waals surface area contributed by atoms with Gasteiger partial charge >= 0.3 is 0 Å². The van der Waals surface area contributed by atoms with Crippen molar-refractivity contribution in [3.8, 4) is 0 Å². The topological polar surface area (TPSA) is 73.7 Å². The molecule has 7 nitrogen and oxygen atoms in total. The number of amidine groups is 1. The minimum absolute atomic E-state index is 0.0861. The van der Waals surface area contributed by atoms with Crippen molar-refractivity contribution in [1.82, 2.24) is 19.8 Å². The third-order valence-corrected chi connectivity index (χ3v) is 7.58. The molecule has 1 fully saturated rings. The van der Waals surface area contributed by atoms with Crippen LogP contribution in [0.1, 0.15) is 34.9 Å². The lowest BCUT2D eigenvalue weighted by atomic mass is 10.0. The Hall–Kier alpha value is -3.30. The summed E-state index contributed by atoms with van der Waals surface area (Å²) in [6.45, 7) is 3.11. The standard InChI is InChI=1S/C26H25FN6OS/c27-17-9-11-32(12-10-17)14-18-16-35-26-31-24(15-33(18)26)19-5-1-2-6-20(19)30-25(34)23-13-28-21-7-3-4-8-22(21)29-23/h1-8,13,16-17,24H,9-12,14-15H2,(H,30,34). The van der Waals surface area contributed by atoms with Crippen LogP contribution in [-0.2, 0) is 0 Å². The molecule has 0 spiro atoms. The largest absolute Gasteiger partial charge is 0.320 e. The average Bonchev–Trinajstić information content (AvgIpc) is 3.47. The third-order valence-electron chi connectivity index (χ3n) is 6.65. The summed E-state index contributed by atoms with van der Waals surface area (Å²) in [7, 11) is 0. The molecule has 0 bridgehead atoms. The Bertz CT molecular complexity index is 1340. The van der Waals surface area contributed by atoms with Gasteiger partial charge in [-0.05, 0) is 36.4 Å². The van der Waals surface area contributed by atoms with E-state index in [-0.39, 0.29) is 17.6 Å². The lowest BCUT2D eigenvalue weighted by molar-refractivity contribution is 0.102. The molecule has 1 atom stereocenters. The zero-order valence-electron chi connectivity index (χ0n) is 19.1. The summed E-state index contributed by atoms with van der Waals surface area (Å²) in [6, 6.07) is 15.2. The smallest absolute Gasteiger partial charge is 0.275 e. The fourth-order valence-electron chi connectivity index (χ4n) is 4.75. The number of thioether (sulfide) groups is 1. The molecular formula is C26H25FN6OS. The van der Waals surface area contributed by atoms with Crippen molar-refractivity contribution in [3.05, 3.63) is 77.1 Å². The van der Waals surface area contributed by atoms with Crippen LogP contribution in [0.3, 0.4) is 0 Å². The summed E-state index contributed by atoms with van der Waals surface area (Å²) < 4.78 is 13.5. The van der Waals surface area contributed by atoms with E-state index >= 15 is 0 Å². The van der Waals surface area contributed by atoms with Gasteiger partial charge in [0.25, 0.3) is 5.91 Å². The van der Waals surface area contributed by atoms with E-state index in [1.54, 1.807) is 11.8 Å². The molecular weight excluding hydrogens is 463 g/mol. The van der Waals surface area contributed by atoms with Gasteiger partial charge in [-0.1, -0.05) is 42.1 Å². The van der Waals surface area contributed by atoms with Gasteiger partial charge in [0.1, 0.15) is 11.9 Å². The van der Waals surface area contributed by atoms with E-state index in [0.29, 0.717) is 18.4 Å². The fraction of sp³-hybridized carbons (Fsp3) is 0.308. The number of anilines is 1. The van der Waals surface area contributed by atoms with E-state index in [1.807, 2.05) is 48.5 Å². The maximum atomic E-state index is 13.5. The summed E-state index contributed by atoms with van der Waals surface area (Å²) in [6.07, 6.45) is 2.06. The number of amides is 1. The van der Waals surface area contributed by atoms with Crippen LogP contribution in [0.5, 0.6) is 0 Å². The van der Waals surface area contributed by atoms with Gasteiger partial charge in [0.2, 0.25) is 0 Å². The first-order valence-corrected chi connectivity index (χ1v) is 12.7. The normalized spacial score (nSPS) is 20.6. The molecule has 178 valence electrons. The summed E-state index contributed by atoms with van der Waals surface area (Å²) in [5, 5.41) is 6.15. The molecule has 2 aromatic carbocycles. The van der Waals surface area contributed by atoms with Gasteiger partial charge in [-0.15, -0.1) is 0 Å². The van der Waals surface area contributed by atoms with Crippen LogP contribution in [0, 0.1) is 0 Å². The Morgan fingerprint density at radius 3 is 2.71 bits per heavy atom. The Morgan fingerprint density at radius 1 is 1.09 bits per heavy atom.